The molecule has 2 unspecified atom stereocenters. The molecule has 1 aromatic heterocycles. The summed E-state index contributed by atoms with van der Waals surface area (Å²) in [5.41, 5.74) is 0.619. The van der Waals surface area contributed by atoms with Gasteiger partial charge in [-0.3, -0.25) is 4.79 Å². The Kier molecular flexibility index (Phi) is 3.35. The molecule has 1 aromatic rings. The van der Waals surface area contributed by atoms with Crippen molar-refractivity contribution in [2.24, 2.45) is 0 Å². The summed E-state index contributed by atoms with van der Waals surface area (Å²) in [6, 6.07) is 1.80. The van der Waals surface area contributed by atoms with E-state index >= 15 is 0 Å². The van der Waals surface area contributed by atoms with E-state index in [0.717, 1.165) is 4.47 Å². The summed E-state index contributed by atoms with van der Waals surface area (Å²) in [5.74, 6) is 0.0349. The van der Waals surface area contributed by atoms with E-state index in [1.165, 1.54) is 0 Å². The molecule has 1 fully saturated rings. The molecule has 1 aliphatic heterocycles. The molecular formula is C11H15BrN2O2. The van der Waals surface area contributed by atoms with Crippen LogP contribution in [0.3, 0.4) is 0 Å². The summed E-state index contributed by atoms with van der Waals surface area (Å²) in [6.07, 6.45) is 1.97. The SMILES string of the molecule is CC1CN(C(=O)c2cc(Br)c[nH]2)CC(C)O1. The predicted molar refractivity (Wildman–Crippen MR) is 64.4 cm³/mol. The molecule has 5 heteroatoms. The summed E-state index contributed by atoms with van der Waals surface area (Å²) >= 11 is 3.32. The summed E-state index contributed by atoms with van der Waals surface area (Å²) in [4.78, 5) is 16.9. The zero-order valence-corrected chi connectivity index (χ0v) is 11.0. The highest BCUT2D eigenvalue weighted by Gasteiger charge is 2.27. The minimum absolute atomic E-state index is 0.0349. The Hall–Kier alpha value is -0.810. The highest BCUT2D eigenvalue weighted by Crippen LogP contribution is 2.16. The van der Waals surface area contributed by atoms with Crippen molar-refractivity contribution >= 4 is 21.8 Å². The van der Waals surface area contributed by atoms with Crippen molar-refractivity contribution in [3.63, 3.8) is 0 Å². The van der Waals surface area contributed by atoms with Crippen LogP contribution in [0, 0.1) is 0 Å². The quantitative estimate of drug-likeness (QED) is 0.859. The highest BCUT2D eigenvalue weighted by atomic mass is 79.9. The first-order chi connectivity index (χ1) is 7.56. The van der Waals surface area contributed by atoms with Gasteiger partial charge in [0.15, 0.2) is 0 Å². The van der Waals surface area contributed by atoms with E-state index in [-0.39, 0.29) is 18.1 Å². The van der Waals surface area contributed by atoms with E-state index in [4.69, 9.17) is 4.74 Å². The summed E-state index contributed by atoms with van der Waals surface area (Å²) in [7, 11) is 0. The third-order valence-electron chi connectivity index (χ3n) is 2.59. The van der Waals surface area contributed by atoms with E-state index in [1.807, 2.05) is 18.7 Å². The highest BCUT2D eigenvalue weighted by molar-refractivity contribution is 9.10. The number of amides is 1. The van der Waals surface area contributed by atoms with Crippen molar-refractivity contribution in [2.75, 3.05) is 13.1 Å². The van der Waals surface area contributed by atoms with E-state index in [9.17, 15) is 4.79 Å². The average Bonchev–Trinajstić information content (AvgIpc) is 2.62. The van der Waals surface area contributed by atoms with Gasteiger partial charge in [-0.25, -0.2) is 0 Å². The second-order valence-electron chi connectivity index (χ2n) is 4.20. The van der Waals surface area contributed by atoms with Crippen LogP contribution in [0.4, 0.5) is 0 Å². The molecule has 2 heterocycles. The van der Waals surface area contributed by atoms with Crippen molar-refractivity contribution in [1.29, 1.82) is 0 Å². The van der Waals surface area contributed by atoms with Gasteiger partial charge in [-0.1, -0.05) is 0 Å². The van der Waals surface area contributed by atoms with Gasteiger partial charge in [-0.15, -0.1) is 0 Å². The molecule has 16 heavy (non-hydrogen) atoms. The number of halogens is 1. The third kappa shape index (κ3) is 2.47. The smallest absolute Gasteiger partial charge is 0.270 e. The maximum Gasteiger partial charge on any atom is 0.270 e. The van der Waals surface area contributed by atoms with Gasteiger partial charge >= 0.3 is 0 Å². The lowest BCUT2D eigenvalue weighted by atomic mass is 10.2. The van der Waals surface area contributed by atoms with Gasteiger partial charge in [0.05, 0.1) is 12.2 Å². The third-order valence-corrected chi connectivity index (χ3v) is 3.04. The largest absolute Gasteiger partial charge is 0.372 e. The molecule has 2 atom stereocenters. The van der Waals surface area contributed by atoms with Crippen LogP contribution >= 0.6 is 15.9 Å². The molecule has 0 bridgehead atoms. The first-order valence-corrected chi connectivity index (χ1v) is 6.14. The van der Waals surface area contributed by atoms with Gasteiger partial charge in [0.25, 0.3) is 5.91 Å². The van der Waals surface area contributed by atoms with Crippen molar-refractivity contribution in [3.8, 4) is 0 Å². The van der Waals surface area contributed by atoms with E-state index in [0.29, 0.717) is 18.8 Å². The number of aromatic amines is 1. The lowest BCUT2D eigenvalue weighted by Gasteiger charge is -2.35. The Morgan fingerprint density at radius 1 is 1.50 bits per heavy atom. The van der Waals surface area contributed by atoms with E-state index in [1.54, 1.807) is 12.3 Å². The van der Waals surface area contributed by atoms with Gasteiger partial charge < -0.3 is 14.6 Å². The molecular weight excluding hydrogens is 272 g/mol. The number of ether oxygens (including phenoxy) is 1. The monoisotopic (exact) mass is 286 g/mol. The number of carbonyl (C=O) groups is 1. The number of nitrogens with zero attached hydrogens (tertiary/aromatic N) is 1. The van der Waals surface area contributed by atoms with Gasteiger partial charge in [-0.05, 0) is 35.8 Å². The number of nitrogens with one attached hydrogen (secondary N) is 1. The number of hydrogen-bond donors (Lipinski definition) is 1. The molecule has 88 valence electrons. The minimum Gasteiger partial charge on any atom is -0.372 e. The molecule has 0 radical (unpaired) electrons. The van der Waals surface area contributed by atoms with Crippen LogP contribution in [0.5, 0.6) is 0 Å². The van der Waals surface area contributed by atoms with Crippen LogP contribution in [0.15, 0.2) is 16.7 Å². The van der Waals surface area contributed by atoms with Crippen LogP contribution in [-0.4, -0.2) is 41.1 Å². The van der Waals surface area contributed by atoms with E-state index < -0.39 is 0 Å². The van der Waals surface area contributed by atoms with Gasteiger partial charge in [0.1, 0.15) is 5.69 Å². The number of carbonyl (C=O) groups excluding carboxylic acids is 1. The van der Waals surface area contributed by atoms with Gasteiger partial charge in [-0.2, -0.15) is 0 Å². The zero-order chi connectivity index (χ0) is 11.7. The lowest BCUT2D eigenvalue weighted by molar-refractivity contribution is -0.0587. The number of aromatic nitrogens is 1. The van der Waals surface area contributed by atoms with Crippen LogP contribution < -0.4 is 0 Å². The summed E-state index contributed by atoms with van der Waals surface area (Å²) in [5, 5.41) is 0. The van der Waals surface area contributed by atoms with Crippen molar-refractivity contribution < 1.29 is 9.53 Å². The Morgan fingerprint density at radius 3 is 2.62 bits per heavy atom. The second-order valence-corrected chi connectivity index (χ2v) is 5.11. The molecule has 1 amide bonds. The minimum atomic E-state index is 0.0349. The zero-order valence-electron chi connectivity index (χ0n) is 9.37. The predicted octanol–water partition coefficient (Wildman–Crippen LogP) is 2.03. The Bertz CT molecular complexity index is 381. The van der Waals surface area contributed by atoms with Gasteiger partial charge in [0, 0.05) is 23.8 Å². The normalized spacial score (nSPS) is 25.8. The van der Waals surface area contributed by atoms with Crippen LogP contribution in [0.25, 0.3) is 0 Å². The van der Waals surface area contributed by atoms with Crippen LogP contribution in [-0.2, 0) is 4.74 Å². The maximum atomic E-state index is 12.1. The fourth-order valence-corrected chi connectivity index (χ4v) is 2.35. The molecule has 1 saturated heterocycles. The standard InChI is InChI=1S/C11H15BrN2O2/c1-7-5-14(6-8(2)16-7)11(15)10-3-9(12)4-13-10/h3-4,7-8,13H,5-6H2,1-2H3. The molecule has 1 N–H and O–H groups in total. The lowest BCUT2D eigenvalue weighted by Crippen LogP contribution is -2.48. The molecule has 4 nitrogen and oxygen atoms in total. The number of H-pyrrole nitrogens is 1. The Balaban J connectivity index is 2.09. The number of rotatable bonds is 1. The van der Waals surface area contributed by atoms with Crippen molar-refractivity contribution in [1.82, 2.24) is 9.88 Å². The molecule has 0 spiro atoms. The first kappa shape index (κ1) is 11.7. The summed E-state index contributed by atoms with van der Waals surface area (Å²) < 4.78 is 6.49. The molecule has 0 aromatic carbocycles. The average molecular weight is 287 g/mol. The first-order valence-electron chi connectivity index (χ1n) is 5.35. The van der Waals surface area contributed by atoms with Crippen LogP contribution in [0.2, 0.25) is 0 Å². The fraction of sp³-hybridized carbons (Fsp3) is 0.545. The molecule has 0 saturated carbocycles. The Labute approximate surface area is 103 Å². The van der Waals surface area contributed by atoms with Crippen molar-refractivity contribution in [3.05, 3.63) is 22.4 Å². The van der Waals surface area contributed by atoms with Gasteiger partial charge in [0.2, 0.25) is 0 Å². The molecule has 1 aliphatic rings. The maximum absolute atomic E-state index is 12.1. The van der Waals surface area contributed by atoms with E-state index in [2.05, 4.69) is 20.9 Å². The molecule has 2 rings (SSSR count). The van der Waals surface area contributed by atoms with Crippen molar-refractivity contribution in [2.45, 2.75) is 26.1 Å². The van der Waals surface area contributed by atoms with Crippen LogP contribution in [0.1, 0.15) is 24.3 Å². The fourth-order valence-electron chi connectivity index (χ4n) is 2.01. The Morgan fingerprint density at radius 2 is 2.12 bits per heavy atom. The molecule has 0 aliphatic carbocycles. The topological polar surface area (TPSA) is 45.3 Å². The number of hydrogen-bond acceptors (Lipinski definition) is 2. The number of morpholine rings is 1. The summed E-state index contributed by atoms with van der Waals surface area (Å²) in [6.45, 7) is 5.28. The second kappa shape index (κ2) is 4.59.